The van der Waals surface area contributed by atoms with Gasteiger partial charge in [-0.1, -0.05) is 45.0 Å². The number of hydrogen-bond donors (Lipinski definition) is 3. The van der Waals surface area contributed by atoms with Gasteiger partial charge in [0.05, 0.1) is 51.7 Å². The third-order valence-electron chi connectivity index (χ3n) is 12.2. The van der Waals surface area contributed by atoms with Crippen LogP contribution in [0.3, 0.4) is 0 Å². The van der Waals surface area contributed by atoms with Crippen molar-refractivity contribution >= 4 is 63.7 Å². The first-order chi connectivity index (χ1) is 33.6. The number of nitrogens with one attached hydrogen (secondary N) is 2. The van der Waals surface area contributed by atoms with E-state index in [9.17, 15) is 42.7 Å². The first kappa shape index (κ1) is 54.4. The number of aliphatic hydroxyl groups excluding tert-OH is 1. The van der Waals surface area contributed by atoms with Crippen molar-refractivity contribution in [3.8, 4) is 22.3 Å². The number of alkyl halides is 3. The summed E-state index contributed by atoms with van der Waals surface area (Å²) in [6.07, 6.45) is -2.79. The van der Waals surface area contributed by atoms with Crippen LogP contribution in [-0.2, 0) is 41.4 Å². The Morgan fingerprint density at radius 1 is 0.958 bits per heavy atom. The molecule has 3 N–H and O–H groups in total. The van der Waals surface area contributed by atoms with E-state index in [1.54, 1.807) is 65.9 Å². The van der Waals surface area contributed by atoms with Gasteiger partial charge < -0.3 is 39.8 Å². The van der Waals surface area contributed by atoms with Crippen LogP contribution in [0.5, 0.6) is 5.75 Å². The average molecular weight is 1020 g/mol. The number of ether oxygens (including phenoxy) is 3. The number of nitrogens with zero attached hydrogens (tertiary/aromatic N) is 5. The Morgan fingerprint density at radius 3 is 2.20 bits per heavy atom. The summed E-state index contributed by atoms with van der Waals surface area (Å²) >= 11 is 7.18. The molecule has 0 spiro atoms. The summed E-state index contributed by atoms with van der Waals surface area (Å²) in [7, 11) is 0. The molecule has 71 heavy (non-hydrogen) atoms. The molecule has 20 heteroatoms. The van der Waals surface area contributed by atoms with E-state index in [0.29, 0.717) is 57.1 Å². The second kappa shape index (κ2) is 23.5. The number of rotatable bonds is 21. The summed E-state index contributed by atoms with van der Waals surface area (Å²) in [5, 5.41) is 25.5. The third kappa shape index (κ3) is 13.5. The summed E-state index contributed by atoms with van der Waals surface area (Å²) < 4.78 is 58.4. The van der Waals surface area contributed by atoms with Crippen molar-refractivity contribution in [3.05, 3.63) is 94.6 Å². The number of likely N-dealkylation sites (tertiary alicyclic amines) is 1. The van der Waals surface area contributed by atoms with Gasteiger partial charge in [-0.05, 0) is 118 Å². The van der Waals surface area contributed by atoms with Crippen LogP contribution in [0.2, 0.25) is 0 Å². The number of unbranched alkanes of at least 4 members (excludes halogenated alkanes) is 2. The number of thiocarbonyl (C=S) groups is 1. The second-order valence-electron chi connectivity index (χ2n) is 19.0. The first-order valence-electron chi connectivity index (χ1n) is 23.3. The zero-order valence-electron chi connectivity index (χ0n) is 40.6. The minimum absolute atomic E-state index is 0.00143. The Morgan fingerprint density at radius 2 is 1.59 bits per heavy atom. The number of thiazole rings is 1. The Labute approximate surface area is 421 Å². The van der Waals surface area contributed by atoms with E-state index >= 15 is 0 Å². The van der Waals surface area contributed by atoms with Crippen molar-refractivity contribution < 1.29 is 51.7 Å². The number of aliphatic hydroxyl groups is 1. The lowest BCUT2D eigenvalue weighted by Crippen LogP contribution is -2.58. The Kier molecular flexibility index (Phi) is 18.0. The van der Waals surface area contributed by atoms with Gasteiger partial charge in [0.1, 0.15) is 30.0 Å². The second-order valence-corrected chi connectivity index (χ2v) is 20.2. The van der Waals surface area contributed by atoms with Crippen LogP contribution in [0.1, 0.15) is 89.1 Å². The van der Waals surface area contributed by atoms with Crippen LogP contribution < -0.4 is 25.2 Å². The summed E-state index contributed by atoms with van der Waals surface area (Å²) in [5.41, 5.74) is 1.50. The van der Waals surface area contributed by atoms with E-state index in [4.69, 9.17) is 26.4 Å². The Balaban J connectivity index is 0.851. The van der Waals surface area contributed by atoms with Crippen molar-refractivity contribution in [2.45, 2.75) is 110 Å². The van der Waals surface area contributed by atoms with Crippen molar-refractivity contribution in [1.29, 1.82) is 5.26 Å². The molecule has 3 atom stereocenters. The maximum Gasteiger partial charge on any atom is 0.417 e. The molecule has 2 saturated heterocycles. The molecule has 380 valence electrons. The van der Waals surface area contributed by atoms with Gasteiger partial charge >= 0.3 is 6.18 Å². The maximum absolute atomic E-state index is 13.9. The summed E-state index contributed by atoms with van der Waals surface area (Å²) in [4.78, 5) is 63.3. The fourth-order valence-corrected chi connectivity index (χ4v) is 9.64. The molecule has 0 radical (unpaired) electrons. The lowest BCUT2D eigenvalue weighted by molar-refractivity contribution is -0.144. The van der Waals surface area contributed by atoms with Gasteiger partial charge in [0, 0.05) is 45.0 Å². The molecule has 2 fully saturated rings. The number of aromatic nitrogens is 1. The Bertz CT molecular complexity index is 2580. The monoisotopic (exact) mass is 1020 g/mol. The number of nitriles is 1. The summed E-state index contributed by atoms with van der Waals surface area (Å²) in [6.45, 7) is 12.4. The molecule has 3 aromatic carbocycles. The zero-order valence-corrected chi connectivity index (χ0v) is 42.3. The lowest BCUT2D eigenvalue weighted by Gasteiger charge is -2.35. The third-order valence-corrected chi connectivity index (χ3v) is 13.5. The molecule has 2 aliphatic heterocycles. The highest BCUT2D eigenvalue weighted by Crippen LogP contribution is 2.40. The molecule has 0 unspecified atom stereocenters. The fourth-order valence-electron chi connectivity index (χ4n) is 8.31. The van der Waals surface area contributed by atoms with Crippen LogP contribution in [-0.4, -0.2) is 107 Å². The molecule has 3 heterocycles. The van der Waals surface area contributed by atoms with Gasteiger partial charge in [0.2, 0.25) is 17.7 Å². The van der Waals surface area contributed by atoms with Crippen molar-refractivity contribution in [2.24, 2.45) is 5.41 Å². The lowest BCUT2D eigenvalue weighted by atomic mass is 9.85. The average Bonchev–Trinajstić information content (AvgIpc) is 3.99. The number of anilines is 2. The normalized spacial score (nSPS) is 17.3. The standard InChI is InChI=1S/C51H60F3N7O8S2/c1-32-43(71-31-57-32)34-13-11-33(12-14-34)28-56-45(64)41-26-38(62)29-59(41)46(65)44(49(2,3)4)58-42(63)30-68-23-8-7-21-67-22-9-10-24-69-39-19-17-36(18-20-39)61-48(70)60(47(66)50(61,5)6)37-16-15-35(27-55)40(25-37)51(52,53)54/h11-20,25,31,38,41,44,62H,7-10,21-24,26,28-30H2,1-6H3,(H,56,64)(H,58,63)/t38-,41+,44-/m1/s1. The number of benzene rings is 3. The summed E-state index contributed by atoms with van der Waals surface area (Å²) in [6, 6.07) is 17.5. The van der Waals surface area contributed by atoms with Gasteiger partial charge in [-0.25, -0.2) is 4.98 Å². The molecule has 4 aromatic rings. The van der Waals surface area contributed by atoms with Crippen LogP contribution >= 0.6 is 23.6 Å². The fraction of sp³-hybridized carbons (Fsp3) is 0.471. The maximum atomic E-state index is 13.9. The van der Waals surface area contributed by atoms with E-state index in [1.807, 2.05) is 52.0 Å². The number of carbonyl (C=O) groups is 4. The molecule has 1 aromatic heterocycles. The van der Waals surface area contributed by atoms with E-state index in [1.165, 1.54) is 11.0 Å². The van der Waals surface area contributed by atoms with Gasteiger partial charge in [-0.3, -0.25) is 24.1 Å². The molecule has 4 amide bonds. The molecule has 0 saturated carbocycles. The number of carbonyl (C=O) groups excluding carboxylic acids is 4. The number of β-amino-alcohol motifs (C(OH)–C–C–N with tert-alkyl or cyclic N) is 1. The minimum atomic E-state index is -4.80. The van der Waals surface area contributed by atoms with Gasteiger partial charge in [-0.2, -0.15) is 18.4 Å². The topological polar surface area (TPSA) is 187 Å². The van der Waals surface area contributed by atoms with Crippen LogP contribution in [0.4, 0.5) is 24.5 Å². The minimum Gasteiger partial charge on any atom is -0.494 e. The summed E-state index contributed by atoms with van der Waals surface area (Å²) in [5.74, 6) is -1.25. The van der Waals surface area contributed by atoms with Crippen LogP contribution in [0, 0.1) is 23.7 Å². The molecule has 15 nitrogen and oxygen atoms in total. The quantitative estimate of drug-likeness (QED) is 0.0546. The molecular weight excluding hydrogens is 960 g/mol. The number of aryl methyl sites for hydroxylation is 1. The molecule has 0 bridgehead atoms. The van der Waals surface area contributed by atoms with E-state index in [2.05, 4.69) is 15.6 Å². The number of halogens is 3. The highest BCUT2D eigenvalue weighted by atomic mass is 32.1. The van der Waals surface area contributed by atoms with E-state index < -0.39 is 64.2 Å². The van der Waals surface area contributed by atoms with Gasteiger partial charge in [-0.15, -0.1) is 11.3 Å². The zero-order chi connectivity index (χ0) is 51.7. The van der Waals surface area contributed by atoms with Gasteiger partial charge in [0.25, 0.3) is 5.91 Å². The van der Waals surface area contributed by atoms with E-state index in [0.717, 1.165) is 45.2 Å². The van der Waals surface area contributed by atoms with Crippen molar-refractivity contribution in [1.82, 2.24) is 20.5 Å². The number of hydrogen-bond acceptors (Lipinski definition) is 12. The highest BCUT2D eigenvalue weighted by molar-refractivity contribution is 7.81. The van der Waals surface area contributed by atoms with Gasteiger partial charge in [0.15, 0.2) is 5.11 Å². The SMILES string of the molecule is Cc1ncsc1-c1ccc(CNC(=O)[C@@H]2C[C@@H](O)CN2C(=O)[C@@H](NC(=O)COCCCCOCCCCOc2ccc(N3C(=S)N(c4ccc(C#N)c(C(F)(F)F)c4)C(=O)C3(C)C)cc2)C(C)(C)C)cc1. The van der Waals surface area contributed by atoms with Crippen LogP contribution in [0.25, 0.3) is 10.4 Å². The van der Waals surface area contributed by atoms with E-state index in [-0.39, 0.29) is 42.8 Å². The Hall–Kier alpha value is -5.98. The smallest absolute Gasteiger partial charge is 0.417 e. The van der Waals surface area contributed by atoms with Crippen molar-refractivity contribution in [2.75, 3.05) is 49.4 Å². The molecular formula is C51H60F3N7O8S2. The molecule has 2 aliphatic rings. The molecule has 0 aliphatic carbocycles. The highest BCUT2D eigenvalue weighted by Gasteiger charge is 2.51. The predicted octanol–water partition coefficient (Wildman–Crippen LogP) is 7.71. The largest absolute Gasteiger partial charge is 0.494 e. The first-order valence-corrected chi connectivity index (χ1v) is 24.6. The predicted molar refractivity (Wildman–Crippen MR) is 266 cm³/mol. The molecule has 6 rings (SSSR count). The van der Waals surface area contributed by atoms with Crippen molar-refractivity contribution in [3.63, 3.8) is 0 Å². The number of amides is 4. The van der Waals surface area contributed by atoms with Crippen LogP contribution in [0.15, 0.2) is 72.2 Å².